The summed E-state index contributed by atoms with van der Waals surface area (Å²) < 4.78 is 1.85. The third-order valence-corrected chi connectivity index (χ3v) is 3.38. The van der Waals surface area contributed by atoms with Crippen LogP contribution in [0, 0.1) is 12.8 Å². The number of hydrogen-bond acceptors (Lipinski definition) is 3. The second-order valence-electron chi connectivity index (χ2n) is 4.88. The summed E-state index contributed by atoms with van der Waals surface area (Å²) in [5, 5.41) is 17.2. The second kappa shape index (κ2) is 4.97. The van der Waals surface area contributed by atoms with Crippen LogP contribution in [0.3, 0.4) is 0 Å². The topological polar surface area (TPSA) is 50.1 Å². The molecule has 2 unspecified atom stereocenters. The van der Waals surface area contributed by atoms with Crippen LogP contribution in [0.4, 0.5) is 0 Å². The zero-order chi connectivity index (χ0) is 11.5. The standard InChI is InChI=1S/C12H21N3O/c1-9-11(8-15(2)14-9)7-13-6-10-3-4-12(16)5-10/h8,10,12-13,16H,3-7H2,1-2H3. The molecule has 0 saturated heterocycles. The maximum absolute atomic E-state index is 9.42. The monoisotopic (exact) mass is 223 g/mol. The molecule has 90 valence electrons. The lowest BCUT2D eigenvalue weighted by molar-refractivity contribution is 0.177. The largest absolute Gasteiger partial charge is 0.393 e. The van der Waals surface area contributed by atoms with E-state index >= 15 is 0 Å². The minimum Gasteiger partial charge on any atom is -0.393 e. The Labute approximate surface area is 96.7 Å². The van der Waals surface area contributed by atoms with Gasteiger partial charge in [0.15, 0.2) is 0 Å². The number of rotatable bonds is 4. The zero-order valence-electron chi connectivity index (χ0n) is 10.1. The number of aliphatic hydroxyl groups is 1. The molecule has 4 nitrogen and oxygen atoms in total. The Balaban J connectivity index is 1.74. The molecule has 1 aromatic heterocycles. The molecule has 1 aliphatic rings. The van der Waals surface area contributed by atoms with Crippen molar-refractivity contribution in [2.75, 3.05) is 6.54 Å². The molecule has 1 aliphatic carbocycles. The summed E-state index contributed by atoms with van der Waals surface area (Å²) in [6, 6.07) is 0. The van der Waals surface area contributed by atoms with Crippen LogP contribution in [-0.2, 0) is 13.6 Å². The van der Waals surface area contributed by atoms with E-state index in [1.165, 1.54) is 5.56 Å². The maximum atomic E-state index is 9.42. The van der Waals surface area contributed by atoms with Gasteiger partial charge < -0.3 is 10.4 Å². The average molecular weight is 223 g/mol. The Kier molecular flexibility index (Phi) is 3.61. The molecule has 1 saturated carbocycles. The van der Waals surface area contributed by atoms with Gasteiger partial charge in [0.05, 0.1) is 11.8 Å². The first-order chi connectivity index (χ1) is 7.65. The summed E-state index contributed by atoms with van der Waals surface area (Å²) >= 11 is 0. The summed E-state index contributed by atoms with van der Waals surface area (Å²) in [5.41, 5.74) is 2.36. The van der Waals surface area contributed by atoms with E-state index in [9.17, 15) is 5.11 Å². The Morgan fingerprint density at radius 2 is 2.38 bits per heavy atom. The highest BCUT2D eigenvalue weighted by Crippen LogP contribution is 2.24. The van der Waals surface area contributed by atoms with Crippen LogP contribution in [0.5, 0.6) is 0 Å². The first-order valence-corrected chi connectivity index (χ1v) is 6.03. The minimum atomic E-state index is -0.0630. The number of aryl methyl sites for hydroxylation is 2. The summed E-state index contributed by atoms with van der Waals surface area (Å²) in [5.74, 6) is 0.645. The average Bonchev–Trinajstić information content (AvgIpc) is 2.74. The Hall–Kier alpha value is -0.870. The van der Waals surface area contributed by atoms with Crippen molar-refractivity contribution in [3.63, 3.8) is 0 Å². The van der Waals surface area contributed by atoms with E-state index in [4.69, 9.17) is 0 Å². The molecule has 0 amide bonds. The first-order valence-electron chi connectivity index (χ1n) is 6.03. The Morgan fingerprint density at radius 1 is 1.56 bits per heavy atom. The molecule has 0 radical (unpaired) electrons. The quantitative estimate of drug-likeness (QED) is 0.800. The van der Waals surface area contributed by atoms with Crippen LogP contribution in [0.15, 0.2) is 6.20 Å². The van der Waals surface area contributed by atoms with E-state index in [1.54, 1.807) is 0 Å². The number of hydrogen-bond donors (Lipinski definition) is 2. The van der Waals surface area contributed by atoms with E-state index in [0.29, 0.717) is 5.92 Å². The predicted octanol–water partition coefficient (Wildman–Crippen LogP) is 0.979. The lowest BCUT2D eigenvalue weighted by Crippen LogP contribution is -2.21. The van der Waals surface area contributed by atoms with Gasteiger partial charge >= 0.3 is 0 Å². The summed E-state index contributed by atoms with van der Waals surface area (Å²) in [7, 11) is 1.95. The molecule has 1 fully saturated rings. The van der Waals surface area contributed by atoms with Crippen molar-refractivity contribution < 1.29 is 5.11 Å². The minimum absolute atomic E-state index is 0.0630. The third-order valence-electron chi connectivity index (χ3n) is 3.38. The second-order valence-corrected chi connectivity index (χ2v) is 4.88. The van der Waals surface area contributed by atoms with E-state index in [-0.39, 0.29) is 6.10 Å². The molecular weight excluding hydrogens is 202 g/mol. The lowest BCUT2D eigenvalue weighted by atomic mass is 10.1. The molecule has 1 heterocycles. The van der Waals surface area contributed by atoms with E-state index in [2.05, 4.69) is 16.6 Å². The van der Waals surface area contributed by atoms with E-state index < -0.39 is 0 Å². The molecule has 0 aromatic carbocycles. The Morgan fingerprint density at radius 3 is 2.94 bits per heavy atom. The van der Waals surface area contributed by atoms with Gasteiger partial charge in [-0.05, 0) is 38.6 Å². The number of aromatic nitrogens is 2. The van der Waals surface area contributed by atoms with E-state index in [1.807, 2.05) is 18.7 Å². The van der Waals surface area contributed by atoms with Gasteiger partial charge in [-0.25, -0.2) is 0 Å². The number of nitrogens with zero attached hydrogens (tertiary/aromatic N) is 2. The smallest absolute Gasteiger partial charge is 0.0638 e. The normalized spacial score (nSPS) is 25.2. The number of aliphatic hydroxyl groups excluding tert-OH is 1. The predicted molar refractivity (Wildman–Crippen MR) is 63.0 cm³/mol. The van der Waals surface area contributed by atoms with Crippen LogP contribution in [0.1, 0.15) is 30.5 Å². The Bertz CT molecular complexity index is 348. The SMILES string of the molecule is Cc1nn(C)cc1CNCC1CCC(O)C1. The van der Waals surface area contributed by atoms with Gasteiger partial charge in [0.1, 0.15) is 0 Å². The van der Waals surface area contributed by atoms with Crippen LogP contribution in [-0.4, -0.2) is 27.5 Å². The third kappa shape index (κ3) is 2.83. The van der Waals surface area contributed by atoms with Crippen molar-refractivity contribution in [3.8, 4) is 0 Å². The lowest BCUT2D eigenvalue weighted by Gasteiger charge is -2.10. The van der Waals surface area contributed by atoms with Crippen LogP contribution < -0.4 is 5.32 Å². The summed E-state index contributed by atoms with van der Waals surface area (Å²) in [4.78, 5) is 0. The van der Waals surface area contributed by atoms with Crippen molar-refractivity contribution in [1.29, 1.82) is 0 Å². The van der Waals surface area contributed by atoms with Crippen molar-refractivity contribution in [1.82, 2.24) is 15.1 Å². The summed E-state index contributed by atoms with van der Waals surface area (Å²) in [6.45, 7) is 3.92. The van der Waals surface area contributed by atoms with Crippen molar-refractivity contribution in [2.24, 2.45) is 13.0 Å². The van der Waals surface area contributed by atoms with Gasteiger partial charge in [-0.15, -0.1) is 0 Å². The highest BCUT2D eigenvalue weighted by molar-refractivity contribution is 5.14. The fourth-order valence-corrected chi connectivity index (χ4v) is 2.47. The van der Waals surface area contributed by atoms with Crippen molar-refractivity contribution in [2.45, 2.75) is 38.8 Å². The van der Waals surface area contributed by atoms with Gasteiger partial charge in [-0.1, -0.05) is 0 Å². The highest BCUT2D eigenvalue weighted by atomic mass is 16.3. The molecule has 1 aromatic rings. The number of nitrogens with one attached hydrogen (secondary N) is 1. The van der Waals surface area contributed by atoms with E-state index in [0.717, 1.165) is 38.0 Å². The molecule has 16 heavy (non-hydrogen) atoms. The maximum Gasteiger partial charge on any atom is 0.0638 e. The molecule has 2 rings (SSSR count). The van der Waals surface area contributed by atoms with Gasteiger partial charge in [-0.2, -0.15) is 5.10 Å². The van der Waals surface area contributed by atoms with Gasteiger partial charge in [0.2, 0.25) is 0 Å². The summed E-state index contributed by atoms with van der Waals surface area (Å²) in [6.07, 6.45) is 5.08. The van der Waals surface area contributed by atoms with Gasteiger partial charge in [0, 0.05) is 25.4 Å². The first kappa shape index (κ1) is 11.6. The fourth-order valence-electron chi connectivity index (χ4n) is 2.47. The molecular formula is C12H21N3O. The molecule has 0 spiro atoms. The molecule has 2 atom stereocenters. The highest BCUT2D eigenvalue weighted by Gasteiger charge is 2.22. The van der Waals surface area contributed by atoms with Gasteiger partial charge in [0.25, 0.3) is 0 Å². The van der Waals surface area contributed by atoms with Crippen LogP contribution in [0.25, 0.3) is 0 Å². The van der Waals surface area contributed by atoms with Crippen molar-refractivity contribution >= 4 is 0 Å². The molecule has 2 N–H and O–H groups in total. The van der Waals surface area contributed by atoms with Crippen LogP contribution >= 0.6 is 0 Å². The zero-order valence-corrected chi connectivity index (χ0v) is 10.1. The molecule has 0 aliphatic heterocycles. The molecule has 4 heteroatoms. The molecule has 0 bridgehead atoms. The fraction of sp³-hybridized carbons (Fsp3) is 0.750. The van der Waals surface area contributed by atoms with Crippen molar-refractivity contribution in [3.05, 3.63) is 17.5 Å². The van der Waals surface area contributed by atoms with Gasteiger partial charge in [-0.3, -0.25) is 4.68 Å². The van der Waals surface area contributed by atoms with Crippen LogP contribution in [0.2, 0.25) is 0 Å².